The second-order valence-corrected chi connectivity index (χ2v) is 5.60. The van der Waals surface area contributed by atoms with Crippen LogP contribution in [0.4, 0.5) is 4.79 Å². The van der Waals surface area contributed by atoms with E-state index in [0.29, 0.717) is 11.2 Å². The van der Waals surface area contributed by atoms with Crippen molar-refractivity contribution in [1.82, 2.24) is 14.5 Å². The smallest absolute Gasteiger partial charge is 0.418 e. The monoisotopic (exact) mass is 315 g/mol. The number of hydrogen-bond donors (Lipinski definition) is 1. The minimum Gasteiger partial charge on any atom is -0.497 e. The van der Waals surface area contributed by atoms with E-state index in [2.05, 4.69) is 9.97 Å². The number of imidazole rings is 1. The number of methoxy groups -OCH3 is 1. The number of ether oxygens (including phenoxy) is 1. The molecule has 0 radical (unpaired) electrons. The van der Waals surface area contributed by atoms with Crippen LogP contribution in [0.3, 0.4) is 0 Å². The molecule has 2 aromatic heterocycles. The van der Waals surface area contributed by atoms with E-state index in [-0.39, 0.29) is 0 Å². The number of aromatic nitrogens is 3. The van der Waals surface area contributed by atoms with Gasteiger partial charge in [0.2, 0.25) is 0 Å². The molecule has 2 heterocycles. The summed E-state index contributed by atoms with van der Waals surface area (Å²) >= 11 is 1.62. The molecule has 6 nitrogen and oxygen atoms in total. The third-order valence-electron chi connectivity index (χ3n) is 3.13. The Labute approximate surface area is 130 Å². The van der Waals surface area contributed by atoms with Crippen LogP contribution in [-0.2, 0) is 5.75 Å². The van der Waals surface area contributed by atoms with Crippen LogP contribution in [0, 0.1) is 0 Å². The topological polar surface area (TPSA) is 77.2 Å². The molecule has 0 aliphatic carbocycles. The fourth-order valence-electron chi connectivity index (χ4n) is 1.99. The summed E-state index contributed by atoms with van der Waals surface area (Å²) in [4.78, 5) is 20.2. The second-order valence-electron chi connectivity index (χ2n) is 4.55. The van der Waals surface area contributed by atoms with Crippen LogP contribution in [0.25, 0.3) is 11.2 Å². The molecule has 0 amide bonds. The van der Waals surface area contributed by atoms with E-state index < -0.39 is 6.09 Å². The Bertz CT molecular complexity index is 815. The van der Waals surface area contributed by atoms with Gasteiger partial charge in [-0.3, -0.25) is 0 Å². The molecule has 22 heavy (non-hydrogen) atoms. The van der Waals surface area contributed by atoms with Crippen molar-refractivity contribution < 1.29 is 14.6 Å². The first-order valence-corrected chi connectivity index (χ1v) is 7.48. The summed E-state index contributed by atoms with van der Waals surface area (Å²) in [5.41, 5.74) is 2.09. The quantitative estimate of drug-likeness (QED) is 0.745. The number of nitrogens with zero attached hydrogens (tertiary/aromatic N) is 3. The van der Waals surface area contributed by atoms with Crippen molar-refractivity contribution >= 4 is 29.0 Å². The van der Waals surface area contributed by atoms with Crippen molar-refractivity contribution in [3.63, 3.8) is 0 Å². The van der Waals surface area contributed by atoms with Gasteiger partial charge in [-0.25, -0.2) is 19.3 Å². The van der Waals surface area contributed by atoms with Gasteiger partial charge in [-0.05, 0) is 23.8 Å². The van der Waals surface area contributed by atoms with E-state index in [1.807, 2.05) is 30.3 Å². The Hall–Kier alpha value is -2.54. The van der Waals surface area contributed by atoms with Gasteiger partial charge < -0.3 is 9.84 Å². The lowest BCUT2D eigenvalue weighted by molar-refractivity contribution is 0.197. The van der Waals surface area contributed by atoms with Crippen molar-refractivity contribution in [3.8, 4) is 5.75 Å². The zero-order valence-corrected chi connectivity index (χ0v) is 12.6. The molecule has 1 N–H and O–H groups in total. The maximum atomic E-state index is 11.0. The van der Waals surface area contributed by atoms with Gasteiger partial charge in [0.1, 0.15) is 17.6 Å². The van der Waals surface area contributed by atoms with Crippen LogP contribution in [0.15, 0.2) is 47.8 Å². The van der Waals surface area contributed by atoms with Gasteiger partial charge in [0.05, 0.1) is 7.11 Å². The lowest BCUT2D eigenvalue weighted by Gasteiger charge is -2.04. The molecule has 3 rings (SSSR count). The third kappa shape index (κ3) is 2.89. The standard InChI is InChI=1S/C15H13N3O3S/c1-21-11-4-2-10(3-5-11)8-22-12-6-13-14(16-7-12)18(9-17-13)15(19)20/h2-7,9H,8H2,1H3,(H,19,20). The summed E-state index contributed by atoms with van der Waals surface area (Å²) in [7, 11) is 1.64. The molecule has 112 valence electrons. The van der Waals surface area contributed by atoms with Gasteiger partial charge in [0.15, 0.2) is 5.65 Å². The summed E-state index contributed by atoms with van der Waals surface area (Å²) in [6.07, 6.45) is 1.84. The predicted octanol–water partition coefficient (Wildman–Crippen LogP) is 3.26. The third-order valence-corrected chi connectivity index (χ3v) is 4.17. The van der Waals surface area contributed by atoms with Gasteiger partial charge in [-0.1, -0.05) is 12.1 Å². The van der Waals surface area contributed by atoms with Crippen LogP contribution >= 0.6 is 11.8 Å². The molecule has 0 unspecified atom stereocenters. The zero-order valence-electron chi connectivity index (χ0n) is 11.8. The number of thioether (sulfide) groups is 1. The molecule has 0 spiro atoms. The Morgan fingerprint density at radius 2 is 2.09 bits per heavy atom. The predicted molar refractivity (Wildman–Crippen MR) is 83.5 cm³/mol. The van der Waals surface area contributed by atoms with Gasteiger partial charge in [0.25, 0.3) is 0 Å². The van der Waals surface area contributed by atoms with Crippen molar-refractivity contribution in [2.75, 3.05) is 7.11 Å². The van der Waals surface area contributed by atoms with Gasteiger partial charge in [-0.2, -0.15) is 0 Å². The molecule has 0 saturated heterocycles. The lowest BCUT2D eigenvalue weighted by Crippen LogP contribution is -2.06. The van der Waals surface area contributed by atoms with E-state index in [9.17, 15) is 4.79 Å². The average Bonchev–Trinajstić information content (AvgIpc) is 2.96. The summed E-state index contributed by atoms with van der Waals surface area (Å²) in [5, 5.41) is 9.00. The number of pyridine rings is 1. The molecule has 1 aromatic carbocycles. The molecular weight excluding hydrogens is 302 g/mol. The summed E-state index contributed by atoms with van der Waals surface area (Å²) in [5.74, 6) is 1.62. The Kier molecular flexibility index (Phi) is 3.97. The van der Waals surface area contributed by atoms with Crippen molar-refractivity contribution in [3.05, 3.63) is 48.4 Å². The minimum absolute atomic E-state index is 0.348. The number of rotatable bonds is 4. The van der Waals surface area contributed by atoms with E-state index in [1.54, 1.807) is 25.1 Å². The lowest BCUT2D eigenvalue weighted by atomic mass is 10.2. The Morgan fingerprint density at radius 1 is 1.32 bits per heavy atom. The van der Waals surface area contributed by atoms with Crippen LogP contribution < -0.4 is 4.74 Å². The summed E-state index contributed by atoms with van der Waals surface area (Å²) in [6.45, 7) is 0. The Balaban J connectivity index is 1.75. The number of benzene rings is 1. The molecule has 0 bridgehead atoms. The summed E-state index contributed by atoms with van der Waals surface area (Å²) < 4.78 is 6.13. The number of carboxylic acid groups (broad SMARTS) is 1. The normalized spacial score (nSPS) is 10.8. The first-order chi connectivity index (χ1) is 10.7. The highest BCUT2D eigenvalue weighted by molar-refractivity contribution is 7.98. The minimum atomic E-state index is -1.09. The fourth-order valence-corrected chi connectivity index (χ4v) is 2.84. The van der Waals surface area contributed by atoms with Crippen molar-refractivity contribution in [2.24, 2.45) is 0 Å². The van der Waals surface area contributed by atoms with Gasteiger partial charge in [0, 0.05) is 16.8 Å². The van der Waals surface area contributed by atoms with Gasteiger partial charge >= 0.3 is 6.09 Å². The molecule has 0 atom stereocenters. The van der Waals surface area contributed by atoms with Crippen LogP contribution in [0.1, 0.15) is 5.56 Å². The van der Waals surface area contributed by atoms with E-state index in [1.165, 1.54) is 11.9 Å². The molecule has 3 aromatic rings. The molecule has 7 heteroatoms. The fraction of sp³-hybridized carbons (Fsp3) is 0.133. The largest absolute Gasteiger partial charge is 0.497 e. The highest BCUT2D eigenvalue weighted by Gasteiger charge is 2.10. The first kappa shape index (κ1) is 14.4. The van der Waals surface area contributed by atoms with Gasteiger partial charge in [-0.15, -0.1) is 11.8 Å². The number of fused-ring (bicyclic) bond motifs is 1. The summed E-state index contributed by atoms with van der Waals surface area (Å²) in [6, 6.07) is 9.71. The van der Waals surface area contributed by atoms with Crippen molar-refractivity contribution in [2.45, 2.75) is 10.6 Å². The van der Waals surface area contributed by atoms with E-state index in [4.69, 9.17) is 9.84 Å². The highest BCUT2D eigenvalue weighted by atomic mass is 32.2. The highest BCUT2D eigenvalue weighted by Crippen LogP contribution is 2.25. The zero-order chi connectivity index (χ0) is 15.5. The van der Waals surface area contributed by atoms with Crippen LogP contribution in [0.5, 0.6) is 5.75 Å². The van der Waals surface area contributed by atoms with E-state index in [0.717, 1.165) is 21.0 Å². The average molecular weight is 315 g/mol. The maximum absolute atomic E-state index is 11.0. The Morgan fingerprint density at radius 3 is 2.77 bits per heavy atom. The first-order valence-electron chi connectivity index (χ1n) is 6.49. The SMILES string of the molecule is COc1ccc(CSc2cnc3c(c2)ncn3C(=O)O)cc1. The molecule has 0 aliphatic heterocycles. The molecule has 0 saturated carbocycles. The number of carbonyl (C=O) groups is 1. The number of hydrogen-bond acceptors (Lipinski definition) is 5. The van der Waals surface area contributed by atoms with E-state index >= 15 is 0 Å². The molecule has 0 fully saturated rings. The molecular formula is C15H13N3O3S. The maximum Gasteiger partial charge on any atom is 0.418 e. The second kappa shape index (κ2) is 6.07. The van der Waals surface area contributed by atoms with Crippen molar-refractivity contribution in [1.29, 1.82) is 0 Å². The molecule has 0 aliphatic rings. The van der Waals surface area contributed by atoms with Crippen LogP contribution in [-0.4, -0.2) is 32.8 Å². The van der Waals surface area contributed by atoms with Crippen LogP contribution in [0.2, 0.25) is 0 Å².